The van der Waals surface area contributed by atoms with Gasteiger partial charge in [-0.15, -0.1) is 0 Å². The van der Waals surface area contributed by atoms with E-state index in [1.807, 2.05) is 18.2 Å². The predicted octanol–water partition coefficient (Wildman–Crippen LogP) is 2.66. The Kier molecular flexibility index (Phi) is 1.97. The summed E-state index contributed by atoms with van der Waals surface area (Å²) in [6, 6.07) is 10.7. The maximum Gasteiger partial charge on any atom is 0.231 e. The molecule has 4 rings (SSSR count). The number of rotatable bonds is 1. The van der Waals surface area contributed by atoms with E-state index in [4.69, 9.17) is 9.47 Å². The molecule has 0 atom stereocenters. The van der Waals surface area contributed by atoms with Gasteiger partial charge in [0.1, 0.15) is 11.6 Å². The van der Waals surface area contributed by atoms with Gasteiger partial charge in [0.05, 0.1) is 11.0 Å². The highest BCUT2D eigenvalue weighted by molar-refractivity contribution is 5.81. The number of hydrogen-bond acceptors (Lipinski definition) is 4. The molecule has 0 saturated carbocycles. The first-order valence-corrected chi connectivity index (χ1v) is 5.88. The monoisotopic (exact) mass is 254 g/mol. The third-order valence-corrected chi connectivity index (χ3v) is 3.11. The molecule has 0 amide bonds. The lowest BCUT2D eigenvalue weighted by molar-refractivity contribution is 0.174. The molecular weight excluding hydrogens is 244 g/mol. The van der Waals surface area contributed by atoms with Crippen LogP contribution >= 0.6 is 0 Å². The van der Waals surface area contributed by atoms with Gasteiger partial charge in [0.2, 0.25) is 6.79 Å². The van der Waals surface area contributed by atoms with Crippen LogP contribution in [0.4, 0.5) is 0 Å². The molecule has 2 N–H and O–H groups in total. The number of phenols is 1. The van der Waals surface area contributed by atoms with E-state index in [9.17, 15) is 5.11 Å². The molecule has 0 saturated heterocycles. The minimum absolute atomic E-state index is 0.216. The Bertz CT molecular complexity index is 779. The Morgan fingerprint density at radius 2 is 1.95 bits per heavy atom. The highest BCUT2D eigenvalue weighted by Gasteiger charge is 2.15. The third kappa shape index (κ3) is 1.59. The topological polar surface area (TPSA) is 67.4 Å². The van der Waals surface area contributed by atoms with Crippen molar-refractivity contribution in [3.8, 4) is 28.6 Å². The first-order chi connectivity index (χ1) is 9.29. The normalized spacial score (nSPS) is 13.1. The Morgan fingerprint density at radius 1 is 1.05 bits per heavy atom. The molecule has 1 aliphatic rings. The average molecular weight is 254 g/mol. The molecule has 0 fully saturated rings. The van der Waals surface area contributed by atoms with Crippen molar-refractivity contribution in [2.45, 2.75) is 0 Å². The number of aromatic hydroxyl groups is 1. The fraction of sp³-hybridized carbons (Fsp3) is 0.0714. The van der Waals surface area contributed by atoms with E-state index >= 15 is 0 Å². The van der Waals surface area contributed by atoms with Crippen molar-refractivity contribution in [2.24, 2.45) is 0 Å². The molecule has 0 unspecified atom stereocenters. The molecule has 1 aliphatic heterocycles. The molecule has 3 aromatic rings. The number of phenolic OH excluding ortho intramolecular Hbond substituents is 1. The second-order valence-electron chi connectivity index (χ2n) is 4.35. The van der Waals surface area contributed by atoms with E-state index in [1.165, 1.54) is 0 Å². The largest absolute Gasteiger partial charge is 0.508 e. The van der Waals surface area contributed by atoms with Crippen molar-refractivity contribution in [3.63, 3.8) is 0 Å². The van der Waals surface area contributed by atoms with Crippen LogP contribution in [0.15, 0.2) is 36.4 Å². The number of imidazole rings is 1. The Morgan fingerprint density at radius 3 is 2.89 bits per heavy atom. The molecule has 1 aromatic heterocycles. The van der Waals surface area contributed by atoms with Gasteiger partial charge in [-0.05, 0) is 30.3 Å². The van der Waals surface area contributed by atoms with Crippen molar-refractivity contribution < 1.29 is 14.6 Å². The minimum Gasteiger partial charge on any atom is -0.508 e. The third-order valence-electron chi connectivity index (χ3n) is 3.11. The van der Waals surface area contributed by atoms with Crippen LogP contribution in [0.5, 0.6) is 17.2 Å². The first kappa shape index (κ1) is 10.3. The van der Waals surface area contributed by atoms with Crippen LogP contribution in [0.3, 0.4) is 0 Å². The summed E-state index contributed by atoms with van der Waals surface area (Å²) in [5, 5.41) is 9.45. The minimum atomic E-state index is 0.216. The summed E-state index contributed by atoms with van der Waals surface area (Å²) in [6.07, 6.45) is 0. The number of aromatic nitrogens is 2. The summed E-state index contributed by atoms with van der Waals surface area (Å²) >= 11 is 0. The molecule has 0 bridgehead atoms. The summed E-state index contributed by atoms with van der Waals surface area (Å²) in [5.41, 5.74) is 2.53. The standard InChI is InChI=1S/C14H10N2O3/c17-9-2-3-10-11(6-9)16-14(15-10)8-1-4-12-13(5-8)19-7-18-12/h1-6,17H,7H2,(H,15,16). The lowest BCUT2D eigenvalue weighted by atomic mass is 10.2. The van der Waals surface area contributed by atoms with E-state index in [0.29, 0.717) is 0 Å². The van der Waals surface area contributed by atoms with Crippen molar-refractivity contribution in [1.29, 1.82) is 0 Å². The zero-order valence-corrected chi connectivity index (χ0v) is 9.88. The zero-order chi connectivity index (χ0) is 12.8. The van der Waals surface area contributed by atoms with Gasteiger partial charge in [0.15, 0.2) is 11.5 Å². The fourth-order valence-electron chi connectivity index (χ4n) is 2.18. The van der Waals surface area contributed by atoms with Gasteiger partial charge in [-0.3, -0.25) is 0 Å². The number of aromatic amines is 1. The van der Waals surface area contributed by atoms with E-state index in [-0.39, 0.29) is 12.5 Å². The van der Waals surface area contributed by atoms with Crippen molar-refractivity contribution >= 4 is 11.0 Å². The van der Waals surface area contributed by atoms with Crippen molar-refractivity contribution in [1.82, 2.24) is 9.97 Å². The highest BCUT2D eigenvalue weighted by Crippen LogP contribution is 2.35. The molecule has 94 valence electrons. The van der Waals surface area contributed by atoms with E-state index < -0.39 is 0 Å². The molecule has 0 spiro atoms. The van der Waals surface area contributed by atoms with Gasteiger partial charge < -0.3 is 19.6 Å². The van der Waals surface area contributed by atoms with Gasteiger partial charge in [-0.1, -0.05) is 0 Å². The SMILES string of the molecule is Oc1ccc2nc(-c3ccc4c(c3)OCO4)[nH]c2c1. The molecular formula is C14H10N2O3. The van der Waals surface area contributed by atoms with Crippen LogP contribution in [0.1, 0.15) is 0 Å². The lowest BCUT2D eigenvalue weighted by Gasteiger charge is -1.99. The first-order valence-electron chi connectivity index (χ1n) is 5.88. The molecule has 5 nitrogen and oxygen atoms in total. The number of hydrogen-bond donors (Lipinski definition) is 2. The number of nitrogens with zero attached hydrogens (tertiary/aromatic N) is 1. The number of benzene rings is 2. The summed E-state index contributed by atoms with van der Waals surface area (Å²) in [6.45, 7) is 0.257. The Labute approximate surface area is 108 Å². The fourth-order valence-corrected chi connectivity index (χ4v) is 2.18. The lowest BCUT2D eigenvalue weighted by Crippen LogP contribution is -1.92. The van der Waals surface area contributed by atoms with Gasteiger partial charge in [0.25, 0.3) is 0 Å². The van der Waals surface area contributed by atoms with E-state index in [0.717, 1.165) is 33.9 Å². The molecule has 19 heavy (non-hydrogen) atoms. The van der Waals surface area contributed by atoms with Crippen LogP contribution in [0, 0.1) is 0 Å². The Hall–Kier alpha value is -2.69. The van der Waals surface area contributed by atoms with Crippen molar-refractivity contribution in [2.75, 3.05) is 6.79 Å². The van der Waals surface area contributed by atoms with Crippen molar-refractivity contribution in [3.05, 3.63) is 36.4 Å². The summed E-state index contributed by atoms with van der Waals surface area (Å²) in [7, 11) is 0. The number of fused-ring (bicyclic) bond motifs is 2. The number of H-pyrrole nitrogens is 1. The molecule has 2 aromatic carbocycles. The van der Waals surface area contributed by atoms with E-state index in [1.54, 1.807) is 18.2 Å². The van der Waals surface area contributed by atoms with Gasteiger partial charge in [-0.25, -0.2) is 4.98 Å². The molecule has 0 aliphatic carbocycles. The Balaban J connectivity index is 1.85. The average Bonchev–Trinajstić information content (AvgIpc) is 3.02. The zero-order valence-electron chi connectivity index (χ0n) is 9.88. The highest BCUT2D eigenvalue weighted by atomic mass is 16.7. The summed E-state index contributed by atoms with van der Waals surface area (Å²) < 4.78 is 10.6. The van der Waals surface area contributed by atoms with Crippen LogP contribution in [0.25, 0.3) is 22.4 Å². The van der Waals surface area contributed by atoms with Gasteiger partial charge in [0, 0.05) is 11.6 Å². The molecule has 0 radical (unpaired) electrons. The predicted molar refractivity (Wildman–Crippen MR) is 69.3 cm³/mol. The van der Waals surface area contributed by atoms with Gasteiger partial charge >= 0.3 is 0 Å². The quantitative estimate of drug-likeness (QED) is 0.700. The maximum atomic E-state index is 9.45. The van der Waals surface area contributed by atoms with Crippen LogP contribution < -0.4 is 9.47 Å². The molecule has 2 heterocycles. The van der Waals surface area contributed by atoms with Crippen LogP contribution in [0.2, 0.25) is 0 Å². The van der Waals surface area contributed by atoms with Crippen LogP contribution in [-0.2, 0) is 0 Å². The molecule has 5 heteroatoms. The maximum absolute atomic E-state index is 9.45. The van der Waals surface area contributed by atoms with E-state index in [2.05, 4.69) is 9.97 Å². The number of ether oxygens (including phenoxy) is 2. The van der Waals surface area contributed by atoms with Crippen LogP contribution in [-0.4, -0.2) is 21.9 Å². The summed E-state index contributed by atoms with van der Waals surface area (Å²) in [5.74, 6) is 2.42. The smallest absolute Gasteiger partial charge is 0.231 e. The van der Waals surface area contributed by atoms with Gasteiger partial charge in [-0.2, -0.15) is 0 Å². The second kappa shape index (κ2) is 3.65. The second-order valence-corrected chi connectivity index (χ2v) is 4.35. The summed E-state index contributed by atoms with van der Waals surface area (Å²) in [4.78, 5) is 7.66. The number of nitrogens with one attached hydrogen (secondary N) is 1.